The summed E-state index contributed by atoms with van der Waals surface area (Å²) in [5, 5.41) is 3.98. The van der Waals surface area contributed by atoms with Crippen LogP contribution in [0.3, 0.4) is 0 Å². The van der Waals surface area contributed by atoms with Gasteiger partial charge in [-0.25, -0.2) is 4.39 Å². The molecule has 2 N–H and O–H groups in total. The molecule has 10 heteroatoms. The fourth-order valence-electron chi connectivity index (χ4n) is 4.63. The molecule has 4 rings (SSSR count). The third-order valence-electron chi connectivity index (χ3n) is 6.45. The van der Waals surface area contributed by atoms with Crippen molar-refractivity contribution in [2.75, 3.05) is 6.54 Å². The van der Waals surface area contributed by atoms with E-state index in [9.17, 15) is 22.4 Å². The number of nitrogens with zero attached hydrogens (tertiary/aromatic N) is 3. The van der Waals surface area contributed by atoms with Crippen LogP contribution in [0.25, 0.3) is 0 Å². The molecule has 1 aliphatic carbocycles. The van der Waals surface area contributed by atoms with Crippen molar-refractivity contribution in [3.8, 4) is 0 Å². The van der Waals surface area contributed by atoms with Gasteiger partial charge >= 0.3 is 6.18 Å². The summed E-state index contributed by atoms with van der Waals surface area (Å²) in [7, 11) is 0. The molecule has 5 nitrogen and oxygen atoms in total. The standard InChI is InChI=1S/C22H25ClF4N4O/c23-15-4-3-14(18(24)10-15)11-31-19-12-30(8-7-17(19)21(29-31)22(25,26)27)20(32)9-13-1-5-16(28)6-2-13/h3-4,10,13,16H,1-2,5-9,11-12,28H2/t13-,16+. The number of benzene rings is 1. The monoisotopic (exact) mass is 472 g/mol. The van der Waals surface area contributed by atoms with Gasteiger partial charge in [-0.1, -0.05) is 17.7 Å². The molecule has 1 aromatic carbocycles. The lowest BCUT2D eigenvalue weighted by molar-refractivity contribution is -0.142. The second kappa shape index (κ2) is 9.02. The molecule has 1 amide bonds. The van der Waals surface area contributed by atoms with E-state index in [-0.39, 0.29) is 60.1 Å². The Kier molecular flexibility index (Phi) is 6.49. The van der Waals surface area contributed by atoms with Crippen LogP contribution < -0.4 is 5.73 Å². The molecule has 0 bridgehead atoms. The van der Waals surface area contributed by atoms with Gasteiger partial charge in [0, 0.05) is 35.2 Å². The van der Waals surface area contributed by atoms with E-state index in [0.29, 0.717) is 12.1 Å². The van der Waals surface area contributed by atoms with Crippen LogP contribution in [0.2, 0.25) is 5.02 Å². The fourth-order valence-corrected chi connectivity index (χ4v) is 4.79. The van der Waals surface area contributed by atoms with Crippen molar-refractivity contribution in [1.82, 2.24) is 14.7 Å². The maximum absolute atomic E-state index is 14.3. The van der Waals surface area contributed by atoms with Gasteiger partial charge in [0.05, 0.1) is 18.8 Å². The number of carbonyl (C=O) groups excluding carboxylic acids is 1. The Morgan fingerprint density at radius 1 is 1.22 bits per heavy atom. The molecule has 0 atom stereocenters. The van der Waals surface area contributed by atoms with E-state index >= 15 is 0 Å². The average molecular weight is 473 g/mol. The Morgan fingerprint density at radius 3 is 2.59 bits per heavy atom. The van der Waals surface area contributed by atoms with Crippen molar-refractivity contribution >= 4 is 17.5 Å². The summed E-state index contributed by atoms with van der Waals surface area (Å²) in [6, 6.07) is 4.20. The highest BCUT2D eigenvalue weighted by molar-refractivity contribution is 6.30. The van der Waals surface area contributed by atoms with E-state index in [1.54, 1.807) is 4.90 Å². The molecule has 174 valence electrons. The number of hydrogen-bond donors (Lipinski definition) is 1. The van der Waals surface area contributed by atoms with Crippen LogP contribution in [0.4, 0.5) is 17.6 Å². The maximum atomic E-state index is 14.3. The molecule has 1 aliphatic heterocycles. The van der Waals surface area contributed by atoms with E-state index in [1.165, 1.54) is 16.8 Å². The number of amides is 1. The normalized spacial score (nSPS) is 21.5. The Morgan fingerprint density at radius 2 is 1.94 bits per heavy atom. The first-order valence-electron chi connectivity index (χ1n) is 10.7. The lowest BCUT2D eigenvalue weighted by Gasteiger charge is -2.31. The lowest BCUT2D eigenvalue weighted by Crippen LogP contribution is -2.38. The Bertz CT molecular complexity index is 999. The van der Waals surface area contributed by atoms with Crippen LogP contribution in [0.1, 0.15) is 54.6 Å². The molecule has 2 aromatic rings. The smallest absolute Gasteiger partial charge is 0.336 e. The van der Waals surface area contributed by atoms with Crippen molar-refractivity contribution in [2.45, 2.75) is 63.8 Å². The fraction of sp³-hybridized carbons (Fsp3) is 0.545. The number of rotatable bonds is 4. The molecule has 2 aliphatic rings. The lowest BCUT2D eigenvalue weighted by atomic mass is 9.84. The van der Waals surface area contributed by atoms with E-state index < -0.39 is 17.7 Å². The van der Waals surface area contributed by atoms with E-state index in [2.05, 4.69) is 5.10 Å². The number of aromatic nitrogens is 2. The van der Waals surface area contributed by atoms with Crippen molar-refractivity contribution in [2.24, 2.45) is 11.7 Å². The molecule has 2 heterocycles. The number of fused-ring (bicyclic) bond motifs is 1. The second-order valence-electron chi connectivity index (χ2n) is 8.72. The van der Waals surface area contributed by atoms with Crippen LogP contribution in [-0.2, 0) is 30.5 Å². The molecule has 0 unspecified atom stereocenters. The SMILES string of the molecule is N[C@H]1CC[C@@H](CC(=O)N2CCc3c(C(F)(F)F)nn(Cc4ccc(Cl)cc4F)c3C2)CC1. The third kappa shape index (κ3) is 4.93. The predicted octanol–water partition coefficient (Wildman–Crippen LogP) is 4.54. The largest absolute Gasteiger partial charge is 0.435 e. The van der Waals surface area contributed by atoms with Gasteiger partial charge in [-0.05, 0) is 50.2 Å². The molecule has 1 saturated carbocycles. The minimum Gasteiger partial charge on any atom is -0.336 e. The van der Waals surface area contributed by atoms with E-state index in [1.807, 2.05) is 0 Å². The summed E-state index contributed by atoms with van der Waals surface area (Å²) in [6.07, 6.45) is -0.646. The maximum Gasteiger partial charge on any atom is 0.435 e. The Labute approximate surface area is 188 Å². The highest BCUT2D eigenvalue weighted by Crippen LogP contribution is 2.36. The zero-order valence-electron chi connectivity index (χ0n) is 17.5. The number of hydrogen-bond acceptors (Lipinski definition) is 3. The summed E-state index contributed by atoms with van der Waals surface area (Å²) in [4.78, 5) is 14.5. The highest BCUT2D eigenvalue weighted by atomic mass is 35.5. The van der Waals surface area contributed by atoms with Crippen LogP contribution >= 0.6 is 11.6 Å². The van der Waals surface area contributed by atoms with Crippen LogP contribution in [0, 0.1) is 11.7 Å². The topological polar surface area (TPSA) is 64.2 Å². The summed E-state index contributed by atoms with van der Waals surface area (Å²) in [6.45, 7) is 0.0603. The van der Waals surface area contributed by atoms with Crippen molar-refractivity contribution in [1.29, 1.82) is 0 Å². The van der Waals surface area contributed by atoms with Crippen LogP contribution in [-0.4, -0.2) is 33.2 Å². The summed E-state index contributed by atoms with van der Waals surface area (Å²) in [5.74, 6) is -0.438. The molecule has 32 heavy (non-hydrogen) atoms. The number of alkyl halides is 3. The predicted molar refractivity (Wildman–Crippen MR) is 111 cm³/mol. The van der Waals surface area contributed by atoms with Gasteiger partial charge < -0.3 is 10.6 Å². The summed E-state index contributed by atoms with van der Waals surface area (Å²) in [5.41, 5.74) is 5.53. The first-order valence-corrected chi connectivity index (χ1v) is 11.1. The second-order valence-corrected chi connectivity index (χ2v) is 9.15. The quantitative estimate of drug-likeness (QED) is 0.665. The molecular formula is C22H25ClF4N4O. The van der Waals surface area contributed by atoms with E-state index in [0.717, 1.165) is 31.7 Å². The Balaban J connectivity index is 1.56. The van der Waals surface area contributed by atoms with Crippen molar-refractivity contribution in [3.05, 3.63) is 51.6 Å². The minimum atomic E-state index is -4.62. The number of halogens is 5. The van der Waals surface area contributed by atoms with Gasteiger partial charge in [0.2, 0.25) is 5.91 Å². The zero-order valence-corrected chi connectivity index (χ0v) is 18.2. The van der Waals surface area contributed by atoms with Gasteiger partial charge in [-0.15, -0.1) is 0 Å². The van der Waals surface area contributed by atoms with E-state index in [4.69, 9.17) is 17.3 Å². The van der Waals surface area contributed by atoms with Gasteiger partial charge in [0.1, 0.15) is 5.82 Å². The first-order chi connectivity index (χ1) is 15.1. The van der Waals surface area contributed by atoms with Gasteiger partial charge in [0.15, 0.2) is 5.69 Å². The average Bonchev–Trinajstić information content (AvgIpc) is 3.10. The number of carbonyl (C=O) groups is 1. The van der Waals surface area contributed by atoms with Gasteiger partial charge in [-0.2, -0.15) is 18.3 Å². The van der Waals surface area contributed by atoms with Crippen LogP contribution in [0.15, 0.2) is 18.2 Å². The van der Waals surface area contributed by atoms with Gasteiger partial charge in [-0.3, -0.25) is 9.48 Å². The third-order valence-corrected chi connectivity index (χ3v) is 6.69. The zero-order chi connectivity index (χ0) is 23.0. The molecule has 0 radical (unpaired) electrons. The Hall–Kier alpha value is -2.13. The van der Waals surface area contributed by atoms with Crippen molar-refractivity contribution < 1.29 is 22.4 Å². The molecule has 0 saturated heterocycles. The molecule has 1 fully saturated rings. The summed E-state index contributed by atoms with van der Waals surface area (Å²) < 4.78 is 56.2. The molecular weight excluding hydrogens is 448 g/mol. The van der Waals surface area contributed by atoms with Gasteiger partial charge in [0.25, 0.3) is 0 Å². The highest BCUT2D eigenvalue weighted by Gasteiger charge is 2.41. The number of nitrogens with two attached hydrogens (primary N) is 1. The molecule has 1 aromatic heterocycles. The minimum absolute atomic E-state index is 0.0265. The van der Waals surface area contributed by atoms with Crippen molar-refractivity contribution in [3.63, 3.8) is 0 Å². The first kappa shape index (κ1) is 23.0. The van der Waals surface area contributed by atoms with Crippen LogP contribution in [0.5, 0.6) is 0 Å². The molecule has 0 spiro atoms. The summed E-state index contributed by atoms with van der Waals surface area (Å²) >= 11 is 5.78.